The van der Waals surface area contributed by atoms with Crippen LogP contribution in [0.3, 0.4) is 0 Å². The summed E-state index contributed by atoms with van der Waals surface area (Å²) in [4.78, 5) is 10.3. The summed E-state index contributed by atoms with van der Waals surface area (Å²) < 4.78 is 5.42. The van der Waals surface area contributed by atoms with Crippen LogP contribution in [0.4, 0.5) is 0 Å². The van der Waals surface area contributed by atoms with Gasteiger partial charge in [0, 0.05) is 6.42 Å². The van der Waals surface area contributed by atoms with Crippen LogP contribution in [0.25, 0.3) is 0 Å². The summed E-state index contributed by atoms with van der Waals surface area (Å²) in [6.45, 7) is 4.02. The minimum Gasteiger partial charge on any atom is -0.495 e. The van der Waals surface area contributed by atoms with Crippen molar-refractivity contribution in [3.05, 3.63) is 11.8 Å². The van der Waals surface area contributed by atoms with Crippen LogP contribution in [-0.4, -0.2) is 11.9 Å². The third-order valence-electron chi connectivity index (χ3n) is 2.11. The molecule has 0 aromatic carbocycles. The normalized spacial score (nSPS) is 30.5. The molecule has 1 aliphatic heterocycles. The van der Waals surface area contributed by atoms with E-state index in [9.17, 15) is 4.79 Å². The van der Waals surface area contributed by atoms with E-state index in [1.165, 1.54) is 5.57 Å². The van der Waals surface area contributed by atoms with E-state index in [1.54, 1.807) is 6.26 Å². The first-order valence-electron chi connectivity index (χ1n) is 3.93. The molecule has 1 atom stereocenters. The van der Waals surface area contributed by atoms with Gasteiger partial charge in [0.25, 0.3) is 0 Å². The van der Waals surface area contributed by atoms with Crippen molar-refractivity contribution in [1.29, 1.82) is 0 Å². The summed E-state index contributed by atoms with van der Waals surface area (Å²) >= 11 is 0. The molecule has 62 valence electrons. The molecule has 0 aliphatic carbocycles. The summed E-state index contributed by atoms with van der Waals surface area (Å²) in [5, 5.41) is 0. The molecular formula is C9H14O2. The van der Waals surface area contributed by atoms with E-state index in [4.69, 9.17) is 4.74 Å². The molecule has 0 N–H and O–H groups in total. The number of hydrogen-bond donors (Lipinski definition) is 0. The molecule has 0 bridgehead atoms. The molecular weight excluding hydrogens is 140 g/mol. The first kappa shape index (κ1) is 8.31. The van der Waals surface area contributed by atoms with Gasteiger partial charge in [0.05, 0.1) is 6.26 Å². The van der Waals surface area contributed by atoms with Crippen LogP contribution < -0.4 is 0 Å². The topological polar surface area (TPSA) is 26.3 Å². The molecule has 0 amide bonds. The predicted octanol–water partition coefficient (Wildman–Crippen LogP) is 2.05. The number of ether oxygens (including phenoxy) is 1. The molecule has 0 aromatic heterocycles. The lowest BCUT2D eigenvalue weighted by atomic mass is 9.93. The second-order valence-electron chi connectivity index (χ2n) is 3.40. The van der Waals surface area contributed by atoms with Crippen molar-refractivity contribution in [2.75, 3.05) is 0 Å². The van der Waals surface area contributed by atoms with Gasteiger partial charge in [-0.1, -0.05) is 0 Å². The van der Waals surface area contributed by atoms with Crippen LogP contribution in [0.2, 0.25) is 0 Å². The summed E-state index contributed by atoms with van der Waals surface area (Å²) in [5.41, 5.74) is 1.02. The average Bonchev–Trinajstić information content (AvgIpc) is 1.97. The third-order valence-corrected chi connectivity index (χ3v) is 2.11. The van der Waals surface area contributed by atoms with Crippen molar-refractivity contribution < 1.29 is 9.53 Å². The van der Waals surface area contributed by atoms with Gasteiger partial charge in [0.2, 0.25) is 0 Å². The summed E-state index contributed by atoms with van der Waals surface area (Å²) in [7, 11) is 0. The minimum absolute atomic E-state index is 0.235. The first-order chi connectivity index (χ1) is 5.16. The highest BCUT2D eigenvalue weighted by Gasteiger charge is 2.26. The smallest absolute Gasteiger partial charge is 0.123 e. The Bertz CT molecular complexity index is 184. The number of carbonyl (C=O) groups is 1. The van der Waals surface area contributed by atoms with Gasteiger partial charge in [0.15, 0.2) is 0 Å². The fourth-order valence-corrected chi connectivity index (χ4v) is 1.15. The van der Waals surface area contributed by atoms with E-state index >= 15 is 0 Å². The fourth-order valence-electron chi connectivity index (χ4n) is 1.15. The third kappa shape index (κ3) is 2.07. The van der Waals surface area contributed by atoms with Crippen LogP contribution in [-0.2, 0) is 9.53 Å². The van der Waals surface area contributed by atoms with Gasteiger partial charge in [0.1, 0.15) is 11.9 Å². The largest absolute Gasteiger partial charge is 0.495 e. The van der Waals surface area contributed by atoms with Crippen molar-refractivity contribution in [1.82, 2.24) is 0 Å². The molecule has 1 rings (SSSR count). The maximum atomic E-state index is 10.3. The molecule has 2 heteroatoms. The molecule has 1 heterocycles. The number of rotatable bonds is 2. The summed E-state index contributed by atoms with van der Waals surface area (Å²) in [5.74, 6) is 0. The zero-order chi connectivity index (χ0) is 8.32. The Kier molecular flexibility index (Phi) is 2.32. The molecule has 0 aromatic rings. The van der Waals surface area contributed by atoms with Crippen molar-refractivity contribution >= 4 is 6.29 Å². The highest BCUT2D eigenvalue weighted by molar-refractivity contribution is 5.51. The van der Waals surface area contributed by atoms with Gasteiger partial charge in [-0.2, -0.15) is 0 Å². The van der Waals surface area contributed by atoms with E-state index in [-0.39, 0.29) is 5.60 Å². The molecule has 1 unspecified atom stereocenters. The highest BCUT2D eigenvalue weighted by Crippen LogP contribution is 2.28. The van der Waals surface area contributed by atoms with Crippen molar-refractivity contribution in [3.63, 3.8) is 0 Å². The van der Waals surface area contributed by atoms with Crippen LogP contribution in [0.5, 0.6) is 0 Å². The Morgan fingerprint density at radius 2 is 2.55 bits per heavy atom. The van der Waals surface area contributed by atoms with Crippen LogP contribution in [0, 0.1) is 0 Å². The maximum Gasteiger partial charge on any atom is 0.123 e. The minimum atomic E-state index is -0.235. The van der Waals surface area contributed by atoms with Gasteiger partial charge < -0.3 is 9.53 Å². The lowest BCUT2D eigenvalue weighted by Crippen LogP contribution is -2.29. The average molecular weight is 154 g/mol. The lowest BCUT2D eigenvalue weighted by Gasteiger charge is -2.31. The summed E-state index contributed by atoms with van der Waals surface area (Å²) in [6, 6.07) is 0. The Labute approximate surface area is 67.2 Å². The zero-order valence-electron chi connectivity index (χ0n) is 7.09. The molecule has 0 saturated carbocycles. The molecule has 11 heavy (non-hydrogen) atoms. The zero-order valence-corrected chi connectivity index (χ0v) is 7.09. The van der Waals surface area contributed by atoms with E-state index in [0.717, 1.165) is 19.1 Å². The maximum absolute atomic E-state index is 10.3. The van der Waals surface area contributed by atoms with Crippen molar-refractivity contribution in [2.45, 2.75) is 38.7 Å². The quantitative estimate of drug-likeness (QED) is 0.569. The first-order valence-corrected chi connectivity index (χ1v) is 3.93. The SMILES string of the molecule is CC1=COC(C)(CC=O)CC1. The van der Waals surface area contributed by atoms with E-state index < -0.39 is 0 Å². The molecule has 1 aliphatic rings. The Hall–Kier alpha value is -0.790. The molecule has 0 saturated heterocycles. The molecule has 2 nitrogen and oxygen atoms in total. The van der Waals surface area contributed by atoms with Crippen LogP contribution in [0.15, 0.2) is 11.8 Å². The monoisotopic (exact) mass is 154 g/mol. The Morgan fingerprint density at radius 1 is 1.82 bits per heavy atom. The number of allylic oxidation sites excluding steroid dienone is 1. The fraction of sp³-hybridized carbons (Fsp3) is 0.667. The van der Waals surface area contributed by atoms with E-state index in [1.807, 2.05) is 13.8 Å². The second-order valence-corrected chi connectivity index (χ2v) is 3.40. The van der Waals surface area contributed by atoms with Gasteiger partial charge in [-0.25, -0.2) is 0 Å². The molecule has 0 radical (unpaired) electrons. The Balaban J connectivity index is 2.56. The highest BCUT2D eigenvalue weighted by atomic mass is 16.5. The number of hydrogen-bond acceptors (Lipinski definition) is 2. The van der Waals surface area contributed by atoms with E-state index in [2.05, 4.69) is 0 Å². The standard InChI is InChI=1S/C9H14O2/c1-8-3-4-9(2,5-6-10)11-7-8/h6-7H,3-5H2,1-2H3. The van der Waals surface area contributed by atoms with Gasteiger partial charge in [-0.15, -0.1) is 0 Å². The van der Waals surface area contributed by atoms with Gasteiger partial charge >= 0.3 is 0 Å². The van der Waals surface area contributed by atoms with Crippen LogP contribution in [0.1, 0.15) is 33.1 Å². The number of aldehydes is 1. The lowest BCUT2D eigenvalue weighted by molar-refractivity contribution is -0.112. The summed E-state index contributed by atoms with van der Waals surface area (Å²) in [6.07, 6.45) is 5.19. The van der Waals surface area contributed by atoms with Crippen molar-refractivity contribution in [3.8, 4) is 0 Å². The van der Waals surface area contributed by atoms with E-state index in [0.29, 0.717) is 6.42 Å². The number of carbonyl (C=O) groups excluding carboxylic acids is 1. The predicted molar refractivity (Wildman–Crippen MR) is 43.2 cm³/mol. The second kappa shape index (κ2) is 3.07. The van der Waals surface area contributed by atoms with Crippen molar-refractivity contribution in [2.24, 2.45) is 0 Å². The Morgan fingerprint density at radius 3 is 3.00 bits per heavy atom. The van der Waals surface area contributed by atoms with Gasteiger partial charge in [-0.3, -0.25) is 0 Å². The molecule has 0 fully saturated rings. The molecule has 0 spiro atoms. The van der Waals surface area contributed by atoms with Crippen LogP contribution >= 0.6 is 0 Å². The van der Waals surface area contributed by atoms with Gasteiger partial charge in [-0.05, 0) is 32.3 Å².